The van der Waals surface area contributed by atoms with Crippen LogP contribution < -0.4 is 10.6 Å². The molecule has 136 valence electrons. The third-order valence-corrected chi connectivity index (χ3v) is 6.45. The van der Waals surface area contributed by atoms with Crippen LogP contribution in [0.3, 0.4) is 0 Å². The molecule has 2 heterocycles. The Morgan fingerprint density at radius 3 is 2.72 bits per heavy atom. The van der Waals surface area contributed by atoms with Gasteiger partial charge in [-0.25, -0.2) is 8.42 Å². The van der Waals surface area contributed by atoms with E-state index in [-0.39, 0.29) is 6.54 Å². The summed E-state index contributed by atoms with van der Waals surface area (Å²) in [7, 11) is -3.44. The second-order valence-electron chi connectivity index (χ2n) is 5.86. The first-order chi connectivity index (χ1) is 12.0. The maximum atomic E-state index is 12.7. The van der Waals surface area contributed by atoms with Gasteiger partial charge >= 0.3 is 0 Å². The number of benzene rings is 1. The smallest absolute Gasteiger partial charge is 0.243 e. The number of nitrogens with zero attached hydrogens (tertiary/aromatic N) is 4. The summed E-state index contributed by atoms with van der Waals surface area (Å²) in [5, 5.41) is 3.92. The van der Waals surface area contributed by atoms with Gasteiger partial charge in [0.2, 0.25) is 15.9 Å². The first-order valence-corrected chi connectivity index (χ1v) is 9.83. The molecule has 0 fully saturated rings. The molecule has 0 atom stereocenters. The zero-order valence-electron chi connectivity index (χ0n) is 14.5. The van der Waals surface area contributed by atoms with Crippen molar-refractivity contribution in [2.24, 2.45) is 5.73 Å². The monoisotopic (exact) mass is 365 g/mol. The van der Waals surface area contributed by atoms with Gasteiger partial charge in [0.1, 0.15) is 0 Å². The van der Waals surface area contributed by atoms with Crippen LogP contribution in [0.15, 0.2) is 27.6 Å². The number of nitrogens with two attached hydrogens (primary N) is 1. The molecule has 0 radical (unpaired) electrons. The van der Waals surface area contributed by atoms with Crippen LogP contribution in [0, 0.1) is 0 Å². The minimum Gasteiger partial charge on any atom is -0.363 e. The summed E-state index contributed by atoms with van der Waals surface area (Å²) in [6.07, 6.45) is 0.790. The molecule has 25 heavy (non-hydrogen) atoms. The number of aromatic nitrogens is 2. The highest BCUT2D eigenvalue weighted by molar-refractivity contribution is 7.89. The third kappa shape index (κ3) is 3.39. The highest BCUT2D eigenvalue weighted by atomic mass is 32.2. The Bertz CT molecular complexity index is 845. The molecule has 0 amide bonds. The van der Waals surface area contributed by atoms with E-state index in [2.05, 4.69) is 15.0 Å². The van der Waals surface area contributed by atoms with Crippen molar-refractivity contribution in [1.82, 2.24) is 14.4 Å². The van der Waals surface area contributed by atoms with E-state index in [0.717, 1.165) is 24.2 Å². The average Bonchev–Trinajstić information content (AvgIpc) is 3.22. The Morgan fingerprint density at radius 2 is 2.08 bits per heavy atom. The summed E-state index contributed by atoms with van der Waals surface area (Å²) >= 11 is 0. The molecule has 1 aliphatic rings. The van der Waals surface area contributed by atoms with E-state index in [0.29, 0.717) is 36.2 Å². The second-order valence-corrected chi connectivity index (χ2v) is 7.80. The quantitative estimate of drug-likeness (QED) is 0.784. The Morgan fingerprint density at radius 1 is 1.32 bits per heavy atom. The maximum Gasteiger partial charge on any atom is 0.243 e. The summed E-state index contributed by atoms with van der Waals surface area (Å²) in [5.74, 6) is 0.989. The lowest BCUT2D eigenvalue weighted by Gasteiger charge is -2.20. The van der Waals surface area contributed by atoms with Gasteiger partial charge in [-0.2, -0.15) is 9.29 Å². The molecule has 1 aromatic carbocycles. The van der Waals surface area contributed by atoms with Gasteiger partial charge in [0.25, 0.3) is 0 Å². The summed E-state index contributed by atoms with van der Waals surface area (Å²) < 4.78 is 31.8. The topological polar surface area (TPSA) is 106 Å². The van der Waals surface area contributed by atoms with Gasteiger partial charge in [-0.15, -0.1) is 0 Å². The molecular weight excluding hydrogens is 342 g/mol. The van der Waals surface area contributed by atoms with Crippen LogP contribution in [0.1, 0.15) is 31.1 Å². The van der Waals surface area contributed by atoms with Gasteiger partial charge in [-0.05, 0) is 30.2 Å². The maximum absolute atomic E-state index is 12.7. The van der Waals surface area contributed by atoms with E-state index < -0.39 is 10.0 Å². The summed E-state index contributed by atoms with van der Waals surface area (Å²) in [5.41, 5.74) is 7.52. The zero-order chi connectivity index (χ0) is 18.0. The molecule has 0 spiro atoms. The van der Waals surface area contributed by atoms with Crippen molar-refractivity contribution in [3.05, 3.63) is 35.5 Å². The van der Waals surface area contributed by atoms with E-state index in [9.17, 15) is 8.42 Å². The molecule has 9 heteroatoms. The van der Waals surface area contributed by atoms with Crippen LogP contribution in [0.5, 0.6) is 0 Å². The summed E-state index contributed by atoms with van der Waals surface area (Å²) in [6.45, 7) is 6.13. The van der Waals surface area contributed by atoms with Crippen LogP contribution in [0.4, 0.5) is 5.69 Å². The number of hydrogen-bond donors (Lipinski definition) is 1. The fourth-order valence-corrected chi connectivity index (χ4v) is 4.60. The van der Waals surface area contributed by atoms with Gasteiger partial charge in [0, 0.05) is 25.3 Å². The van der Waals surface area contributed by atoms with Crippen molar-refractivity contribution in [1.29, 1.82) is 0 Å². The second kappa shape index (κ2) is 7.11. The highest BCUT2D eigenvalue weighted by Crippen LogP contribution is 2.31. The van der Waals surface area contributed by atoms with Crippen LogP contribution in [-0.2, 0) is 29.5 Å². The Labute approximate surface area is 147 Å². The first kappa shape index (κ1) is 17.8. The minimum absolute atomic E-state index is 0.218. The fourth-order valence-electron chi connectivity index (χ4n) is 3.09. The molecule has 0 aliphatic carbocycles. The van der Waals surface area contributed by atoms with E-state index >= 15 is 0 Å². The number of anilines is 1. The first-order valence-electron chi connectivity index (χ1n) is 8.39. The van der Waals surface area contributed by atoms with Crippen LogP contribution >= 0.6 is 0 Å². The molecule has 0 unspecified atom stereocenters. The van der Waals surface area contributed by atoms with E-state index in [1.165, 1.54) is 4.31 Å². The Balaban J connectivity index is 1.83. The minimum atomic E-state index is -3.44. The molecule has 8 nitrogen and oxygen atoms in total. The SMILES string of the molecule is CCN(CC)S(=O)(=O)c1ccc2c(c1)CCN2Cc1noc(CN)n1. The van der Waals surface area contributed by atoms with Crippen LogP contribution in [0.2, 0.25) is 0 Å². The number of hydrogen-bond acceptors (Lipinski definition) is 7. The highest BCUT2D eigenvalue weighted by Gasteiger charge is 2.26. The van der Waals surface area contributed by atoms with E-state index in [4.69, 9.17) is 10.3 Å². The van der Waals surface area contributed by atoms with Gasteiger partial charge in [-0.3, -0.25) is 0 Å². The van der Waals surface area contributed by atoms with Crippen molar-refractivity contribution >= 4 is 15.7 Å². The Kier molecular flexibility index (Phi) is 5.07. The third-order valence-electron chi connectivity index (χ3n) is 4.40. The van der Waals surface area contributed by atoms with Crippen molar-refractivity contribution < 1.29 is 12.9 Å². The molecule has 2 N–H and O–H groups in total. The lowest BCUT2D eigenvalue weighted by atomic mass is 10.2. The van der Waals surface area contributed by atoms with Gasteiger partial charge in [-0.1, -0.05) is 19.0 Å². The van der Waals surface area contributed by atoms with E-state index in [1.807, 2.05) is 19.9 Å². The summed E-state index contributed by atoms with van der Waals surface area (Å²) in [4.78, 5) is 6.69. The lowest BCUT2D eigenvalue weighted by molar-refractivity contribution is 0.374. The lowest BCUT2D eigenvalue weighted by Crippen LogP contribution is -2.30. The van der Waals surface area contributed by atoms with Gasteiger partial charge < -0.3 is 15.2 Å². The van der Waals surface area contributed by atoms with Crippen molar-refractivity contribution in [2.45, 2.75) is 38.3 Å². The van der Waals surface area contributed by atoms with Crippen LogP contribution in [-0.4, -0.2) is 42.5 Å². The molecule has 0 bridgehead atoms. The van der Waals surface area contributed by atoms with Gasteiger partial charge in [0.05, 0.1) is 18.0 Å². The summed E-state index contributed by atoms with van der Waals surface area (Å²) in [6, 6.07) is 5.32. The predicted molar refractivity (Wildman–Crippen MR) is 93.5 cm³/mol. The number of sulfonamides is 1. The number of fused-ring (bicyclic) bond motifs is 1. The van der Waals surface area contributed by atoms with E-state index in [1.54, 1.807) is 12.1 Å². The molecular formula is C16H23N5O3S. The van der Waals surface area contributed by atoms with Crippen molar-refractivity contribution in [2.75, 3.05) is 24.5 Å². The standard InChI is InChI=1S/C16H23N5O3S/c1-3-21(4-2)25(22,23)13-5-6-14-12(9-13)7-8-20(14)11-15-18-16(10-17)24-19-15/h5-6,9H,3-4,7-8,10-11,17H2,1-2H3. The van der Waals surface area contributed by atoms with Gasteiger partial charge in [0.15, 0.2) is 5.82 Å². The zero-order valence-corrected chi connectivity index (χ0v) is 15.3. The molecule has 3 rings (SSSR count). The normalized spacial score (nSPS) is 14.3. The average molecular weight is 365 g/mol. The van der Waals surface area contributed by atoms with Crippen LogP contribution in [0.25, 0.3) is 0 Å². The molecule has 1 aromatic heterocycles. The largest absolute Gasteiger partial charge is 0.363 e. The molecule has 2 aromatic rings. The predicted octanol–water partition coefficient (Wildman–Crippen LogP) is 1.12. The fraction of sp³-hybridized carbons (Fsp3) is 0.500. The number of rotatable bonds is 7. The van der Waals surface area contributed by atoms with Crippen molar-refractivity contribution in [3.8, 4) is 0 Å². The molecule has 0 saturated carbocycles. The molecule has 0 saturated heterocycles. The van der Waals surface area contributed by atoms with Crippen molar-refractivity contribution in [3.63, 3.8) is 0 Å². The molecule has 1 aliphatic heterocycles. The Hall–Kier alpha value is -1.97.